The Kier molecular flexibility index (Phi) is 17.1. The second-order valence-electron chi connectivity index (χ2n) is 7.88. The zero-order valence-electron chi connectivity index (χ0n) is 17.7. The number of nitrogens with two attached hydrogens (primary N) is 1. The van der Waals surface area contributed by atoms with E-state index in [1.165, 1.54) is 38.5 Å². The van der Waals surface area contributed by atoms with E-state index in [0.717, 1.165) is 32.7 Å². The molecule has 0 fully saturated rings. The fraction of sp³-hybridized carbons (Fsp3) is 1.00. The summed E-state index contributed by atoms with van der Waals surface area (Å²) in [4.78, 5) is 0. The van der Waals surface area contributed by atoms with Crippen LogP contribution in [0.25, 0.3) is 0 Å². The lowest BCUT2D eigenvalue weighted by atomic mass is 10.1. The van der Waals surface area contributed by atoms with Crippen LogP contribution in [0, 0.1) is 0 Å². The molecule has 0 aromatic carbocycles. The molecular weight excluding hydrogens is 310 g/mol. The van der Waals surface area contributed by atoms with Crippen LogP contribution in [-0.4, -0.2) is 56.9 Å². The third-order valence-electron chi connectivity index (χ3n) is 4.49. The van der Waals surface area contributed by atoms with Crippen molar-refractivity contribution in [3.05, 3.63) is 0 Å². The van der Waals surface area contributed by atoms with E-state index in [1.54, 1.807) is 0 Å². The van der Waals surface area contributed by atoms with Gasteiger partial charge in [0.1, 0.15) is 0 Å². The van der Waals surface area contributed by atoms with Gasteiger partial charge >= 0.3 is 0 Å². The first-order chi connectivity index (χ1) is 12.0. The minimum absolute atomic E-state index is 0.214. The molecule has 0 aliphatic rings. The second kappa shape index (κ2) is 17.2. The van der Waals surface area contributed by atoms with Gasteiger partial charge in [0.05, 0.1) is 0 Å². The Morgan fingerprint density at radius 2 is 1.12 bits per heavy atom. The minimum Gasteiger partial charge on any atom is -0.327 e. The van der Waals surface area contributed by atoms with E-state index in [-0.39, 0.29) is 6.04 Å². The van der Waals surface area contributed by atoms with E-state index in [4.69, 9.17) is 5.73 Å². The van der Waals surface area contributed by atoms with Crippen LogP contribution in [-0.2, 0) is 0 Å². The number of hydrogen-bond acceptors (Lipinski definition) is 5. The van der Waals surface area contributed by atoms with Crippen LogP contribution in [0.4, 0.5) is 0 Å². The zero-order chi connectivity index (χ0) is 18.9. The number of rotatable bonds is 18. The van der Waals surface area contributed by atoms with Gasteiger partial charge in [0.15, 0.2) is 0 Å². The van der Waals surface area contributed by atoms with Crippen LogP contribution < -0.4 is 27.0 Å². The molecule has 0 aliphatic heterocycles. The average Bonchev–Trinajstić information content (AvgIpc) is 2.58. The van der Waals surface area contributed by atoms with Crippen LogP contribution in [0.2, 0.25) is 0 Å². The Labute approximate surface area is 157 Å². The van der Waals surface area contributed by atoms with Crippen molar-refractivity contribution in [3.8, 4) is 0 Å². The summed E-state index contributed by atoms with van der Waals surface area (Å²) in [6.45, 7) is 16.0. The monoisotopic (exact) mass is 357 g/mol. The normalized spacial score (nSPS) is 16.6. The van der Waals surface area contributed by atoms with Gasteiger partial charge in [-0.2, -0.15) is 0 Å². The van der Waals surface area contributed by atoms with E-state index in [9.17, 15) is 0 Å². The van der Waals surface area contributed by atoms with Crippen LogP contribution in [0.15, 0.2) is 0 Å². The molecule has 5 nitrogen and oxygen atoms in total. The number of unbranched alkanes of at least 4 members (excludes halogenated alkanes) is 5. The van der Waals surface area contributed by atoms with Crippen molar-refractivity contribution in [3.63, 3.8) is 0 Å². The smallest absolute Gasteiger partial charge is 0.0164 e. The lowest BCUT2D eigenvalue weighted by molar-refractivity contribution is 0.415. The maximum atomic E-state index is 5.76. The molecule has 0 aromatic heterocycles. The molecular formula is C20H47N5. The molecule has 0 amide bonds. The average molecular weight is 358 g/mol. The molecule has 0 heterocycles. The third kappa shape index (κ3) is 18.4. The maximum absolute atomic E-state index is 5.76. The summed E-state index contributed by atoms with van der Waals surface area (Å²) in [6, 6.07) is 1.65. The predicted octanol–water partition coefficient (Wildman–Crippen LogP) is 2.22. The molecule has 5 heteroatoms. The van der Waals surface area contributed by atoms with Crippen molar-refractivity contribution in [1.82, 2.24) is 21.3 Å². The highest BCUT2D eigenvalue weighted by Gasteiger charge is 2.07. The quantitative estimate of drug-likeness (QED) is 0.243. The van der Waals surface area contributed by atoms with Crippen LogP contribution >= 0.6 is 0 Å². The Morgan fingerprint density at radius 3 is 1.68 bits per heavy atom. The van der Waals surface area contributed by atoms with Gasteiger partial charge in [-0.1, -0.05) is 39.0 Å². The van der Waals surface area contributed by atoms with E-state index < -0.39 is 0 Å². The Balaban J connectivity index is 3.47. The van der Waals surface area contributed by atoms with E-state index >= 15 is 0 Å². The van der Waals surface area contributed by atoms with Crippen LogP contribution in [0.3, 0.4) is 0 Å². The topological polar surface area (TPSA) is 74.1 Å². The molecule has 0 saturated carbocycles. The Morgan fingerprint density at radius 1 is 0.640 bits per heavy atom. The van der Waals surface area contributed by atoms with Gasteiger partial charge in [-0.25, -0.2) is 0 Å². The molecule has 152 valence electrons. The van der Waals surface area contributed by atoms with Crippen molar-refractivity contribution < 1.29 is 0 Å². The number of hydrogen-bond donors (Lipinski definition) is 5. The molecule has 0 saturated heterocycles. The molecule has 6 N–H and O–H groups in total. The van der Waals surface area contributed by atoms with Crippen molar-refractivity contribution in [2.45, 2.75) is 97.3 Å². The fourth-order valence-corrected chi connectivity index (χ4v) is 2.71. The van der Waals surface area contributed by atoms with Crippen molar-refractivity contribution in [2.75, 3.05) is 32.7 Å². The van der Waals surface area contributed by atoms with Gasteiger partial charge in [-0.05, 0) is 40.7 Å². The van der Waals surface area contributed by atoms with Crippen molar-refractivity contribution in [2.24, 2.45) is 5.73 Å². The summed E-state index contributed by atoms with van der Waals surface area (Å²) in [7, 11) is 0. The standard InChI is InChI=1S/C20H47N5/c1-6-7-8-9-10-11-12-22-14-18(3)24-16-20(5)25-15-19(4)23-13-17(2)21/h17-20,22-25H,6-16,21H2,1-5H3. The third-order valence-corrected chi connectivity index (χ3v) is 4.49. The highest BCUT2D eigenvalue weighted by atomic mass is 15.0. The lowest BCUT2D eigenvalue weighted by Gasteiger charge is -2.22. The summed E-state index contributed by atoms with van der Waals surface area (Å²) >= 11 is 0. The van der Waals surface area contributed by atoms with Crippen molar-refractivity contribution in [1.29, 1.82) is 0 Å². The first kappa shape index (κ1) is 24.8. The molecule has 0 bridgehead atoms. The summed E-state index contributed by atoms with van der Waals surface area (Å²) in [5.41, 5.74) is 5.76. The Hall–Kier alpha value is -0.200. The molecule has 25 heavy (non-hydrogen) atoms. The largest absolute Gasteiger partial charge is 0.327 e. The molecule has 4 unspecified atom stereocenters. The highest BCUT2D eigenvalue weighted by molar-refractivity contribution is 4.73. The molecule has 0 aromatic rings. The highest BCUT2D eigenvalue weighted by Crippen LogP contribution is 2.03. The Bertz CT molecular complexity index is 273. The maximum Gasteiger partial charge on any atom is 0.0164 e. The first-order valence-corrected chi connectivity index (χ1v) is 10.6. The van der Waals surface area contributed by atoms with Gasteiger partial charge in [-0.15, -0.1) is 0 Å². The summed E-state index contributed by atoms with van der Waals surface area (Å²) in [5, 5.41) is 14.2. The van der Waals surface area contributed by atoms with Gasteiger partial charge < -0.3 is 27.0 Å². The van der Waals surface area contributed by atoms with Gasteiger partial charge in [0, 0.05) is 50.3 Å². The SMILES string of the molecule is CCCCCCCCNCC(C)NCC(C)NCC(C)NCC(C)N. The molecule has 0 radical (unpaired) electrons. The van der Waals surface area contributed by atoms with Gasteiger partial charge in [0.25, 0.3) is 0 Å². The van der Waals surface area contributed by atoms with Crippen LogP contribution in [0.5, 0.6) is 0 Å². The summed E-state index contributed by atoms with van der Waals surface area (Å²) < 4.78 is 0. The number of nitrogens with one attached hydrogen (secondary N) is 4. The molecule has 0 rings (SSSR count). The zero-order valence-corrected chi connectivity index (χ0v) is 17.7. The molecule has 0 aliphatic carbocycles. The first-order valence-electron chi connectivity index (χ1n) is 10.6. The molecule has 4 atom stereocenters. The summed E-state index contributed by atoms with van der Waals surface area (Å²) in [5.74, 6) is 0. The van der Waals surface area contributed by atoms with E-state index in [0.29, 0.717) is 18.1 Å². The van der Waals surface area contributed by atoms with E-state index in [1.807, 2.05) is 6.92 Å². The van der Waals surface area contributed by atoms with Gasteiger partial charge in [0.2, 0.25) is 0 Å². The van der Waals surface area contributed by atoms with E-state index in [2.05, 4.69) is 49.0 Å². The van der Waals surface area contributed by atoms with Crippen molar-refractivity contribution >= 4 is 0 Å². The molecule has 0 spiro atoms. The predicted molar refractivity (Wildman–Crippen MR) is 112 cm³/mol. The van der Waals surface area contributed by atoms with Gasteiger partial charge in [-0.3, -0.25) is 0 Å². The minimum atomic E-state index is 0.214. The second-order valence-corrected chi connectivity index (χ2v) is 7.88. The van der Waals surface area contributed by atoms with Crippen LogP contribution in [0.1, 0.15) is 73.1 Å². The fourth-order valence-electron chi connectivity index (χ4n) is 2.71. The summed E-state index contributed by atoms with van der Waals surface area (Å²) in [6.07, 6.45) is 8.19. The lowest BCUT2D eigenvalue weighted by Crippen LogP contribution is -2.47.